The van der Waals surface area contributed by atoms with Crippen molar-refractivity contribution in [3.63, 3.8) is 0 Å². The van der Waals surface area contributed by atoms with Gasteiger partial charge in [0, 0.05) is 6.42 Å². The van der Waals surface area contributed by atoms with E-state index in [1.165, 1.54) is 10.9 Å². The third-order valence-corrected chi connectivity index (χ3v) is 6.04. The molecule has 1 unspecified atom stereocenters. The van der Waals surface area contributed by atoms with Crippen molar-refractivity contribution >= 4 is 34.6 Å². The third-order valence-electron chi connectivity index (χ3n) is 5.87. The molecule has 0 spiro atoms. The van der Waals surface area contributed by atoms with Gasteiger partial charge >= 0.3 is 5.97 Å². The Bertz CT molecular complexity index is 1370. The fourth-order valence-electron chi connectivity index (χ4n) is 4.06. The number of ether oxygens (including phenoxy) is 2. The molecule has 16 heteroatoms. The Morgan fingerprint density at radius 2 is 2.03 bits per heavy atom. The molecule has 1 aromatic carbocycles. The third kappa shape index (κ3) is 4.12. The van der Waals surface area contributed by atoms with Crippen LogP contribution in [0.5, 0.6) is 0 Å². The first-order chi connectivity index (χ1) is 17.3. The number of aromatic amines is 1. The SMILES string of the molecule is Nc1nc(Cl)nc2c1ncn2[C@@H]1O[C@H](COC(Cc2ccccc2)(C(=O)O)c2nn[nH]n2)[C@H](O)[C@H]1O. The maximum absolute atomic E-state index is 12.5. The number of nitrogen functional groups attached to an aromatic ring is 1. The van der Waals surface area contributed by atoms with Gasteiger partial charge in [-0.15, -0.1) is 10.2 Å². The molecule has 36 heavy (non-hydrogen) atoms. The fraction of sp³-hybridized carbons (Fsp3) is 0.350. The molecule has 0 radical (unpaired) electrons. The second kappa shape index (κ2) is 9.36. The lowest BCUT2D eigenvalue weighted by atomic mass is 9.93. The molecule has 0 saturated carbocycles. The molecular formula is C20H20ClN9O6. The van der Waals surface area contributed by atoms with Crippen LogP contribution >= 0.6 is 11.6 Å². The molecule has 4 heterocycles. The van der Waals surface area contributed by atoms with E-state index >= 15 is 0 Å². The summed E-state index contributed by atoms with van der Waals surface area (Å²) in [5, 5.41) is 44.8. The van der Waals surface area contributed by atoms with Crippen LogP contribution in [0.2, 0.25) is 5.28 Å². The number of halogens is 1. The molecule has 6 N–H and O–H groups in total. The first-order valence-corrected chi connectivity index (χ1v) is 11.0. The topological polar surface area (TPSA) is 220 Å². The van der Waals surface area contributed by atoms with E-state index in [0.717, 1.165) is 0 Å². The minimum atomic E-state index is -2.06. The Labute approximate surface area is 206 Å². The summed E-state index contributed by atoms with van der Waals surface area (Å²) in [6, 6.07) is 8.74. The fourth-order valence-corrected chi connectivity index (χ4v) is 4.23. The van der Waals surface area contributed by atoms with Crippen LogP contribution in [0.3, 0.4) is 0 Å². The maximum atomic E-state index is 12.5. The summed E-state index contributed by atoms with van der Waals surface area (Å²) in [5.41, 5.74) is 4.82. The molecule has 1 saturated heterocycles. The number of aliphatic hydroxyl groups excluding tert-OH is 2. The number of nitrogens with one attached hydrogen (secondary N) is 1. The van der Waals surface area contributed by atoms with E-state index in [9.17, 15) is 20.1 Å². The second-order valence-corrected chi connectivity index (χ2v) is 8.43. The number of carboxylic acids is 1. The summed E-state index contributed by atoms with van der Waals surface area (Å²) in [7, 11) is 0. The number of carbonyl (C=O) groups is 1. The van der Waals surface area contributed by atoms with Crippen molar-refractivity contribution in [3.8, 4) is 0 Å². The van der Waals surface area contributed by atoms with Crippen molar-refractivity contribution in [1.29, 1.82) is 0 Å². The molecule has 3 aromatic heterocycles. The Hall–Kier alpha value is -3.76. The van der Waals surface area contributed by atoms with E-state index in [1.54, 1.807) is 30.3 Å². The lowest BCUT2D eigenvalue weighted by Crippen LogP contribution is -2.45. The van der Waals surface area contributed by atoms with Crippen LogP contribution in [0.15, 0.2) is 36.7 Å². The molecule has 1 aliphatic heterocycles. The number of fused-ring (bicyclic) bond motifs is 1. The van der Waals surface area contributed by atoms with Gasteiger partial charge in [-0.05, 0) is 17.2 Å². The normalized spacial score (nSPS) is 23.6. The van der Waals surface area contributed by atoms with Crippen LogP contribution in [0.25, 0.3) is 11.2 Å². The summed E-state index contributed by atoms with van der Waals surface area (Å²) >= 11 is 5.91. The molecule has 0 amide bonds. The summed E-state index contributed by atoms with van der Waals surface area (Å²) < 4.78 is 13.1. The van der Waals surface area contributed by atoms with Gasteiger partial charge in [-0.1, -0.05) is 35.5 Å². The highest BCUT2D eigenvalue weighted by Crippen LogP contribution is 2.35. The predicted molar refractivity (Wildman–Crippen MR) is 120 cm³/mol. The molecule has 188 valence electrons. The van der Waals surface area contributed by atoms with Crippen molar-refractivity contribution in [3.05, 3.63) is 53.3 Å². The van der Waals surface area contributed by atoms with Crippen LogP contribution < -0.4 is 5.73 Å². The standard InChI is InChI=1S/C20H20ClN9O6/c21-19-24-14(22)11-15(25-19)30(8-23-11)16-13(32)12(31)10(36-16)7-35-20(18(33)34,17-26-28-29-27-17)6-9-4-2-1-3-5-9/h1-5,8,10,12-13,16,31-32H,6-7H2,(H,33,34)(H2,22,24,25)(H,26,27,28,29)/t10-,12+,13-,16-,20?/m1/s1. The van der Waals surface area contributed by atoms with Gasteiger partial charge < -0.3 is 30.5 Å². The zero-order valence-corrected chi connectivity index (χ0v) is 19.1. The number of nitrogens with zero attached hydrogens (tertiary/aromatic N) is 7. The zero-order valence-electron chi connectivity index (χ0n) is 18.3. The summed E-state index contributed by atoms with van der Waals surface area (Å²) in [5.74, 6) is -1.56. The van der Waals surface area contributed by atoms with E-state index in [-0.39, 0.29) is 34.5 Å². The number of carboxylic acid groups (broad SMARTS) is 1. The van der Waals surface area contributed by atoms with E-state index in [1.807, 2.05) is 0 Å². The van der Waals surface area contributed by atoms with Crippen LogP contribution in [0, 0.1) is 0 Å². The number of imidazole rings is 1. The average molecular weight is 518 g/mol. The smallest absolute Gasteiger partial charge is 0.344 e. The Morgan fingerprint density at radius 3 is 2.72 bits per heavy atom. The molecular weight excluding hydrogens is 498 g/mol. The summed E-state index contributed by atoms with van der Waals surface area (Å²) in [6.07, 6.45) is -4.01. The monoisotopic (exact) mass is 517 g/mol. The second-order valence-electron chi connectivity index (χ2n) is 8.09. The van der Waals surface area contributed by atoms with Crippen molar-refractivity contribution in [1.82, 2.24) is 40.1 Å². The van der Waals surface area contributed by atoms with Gasteiger partial charge in [-0.3, -0.25) is 4.57 Å². The average Bonchev–Trinajstić information content (AvgIpc) is 3.59. The van der Waals surface area contributed by atoms with E-state index < -0.39 is 42.7 Å². The number of anilines is 1. The number of hydrogen-bond acceptors (Lipinski definition) is 12. The van der Waals surface area contributed by atoms with Crippen molar-refractivity contribution < 1.29 is 29.6 Å². The molecule has 5 atom stereocenters. The number of aliphatic hydroxyl groups is 2. The Balaban J connectivity index is 1.42. The van der Waals surface area contributed by atoms with Gasteiger partial charge in [0.15, 0.2) is 17.7 Å². The highest BCUT2D eigenvalue weighted by molar-refractivity contribution is 6.28. The number of nitrogens with two attached hydrogens (primary N) is 1. The molecule has 0 bridgehead atoms. The zero-order chi connectivity index (χ0) is 25.4. The number of aromatic nitrogens is 8. The maximum Gasteiger partial charge on any atom is 0.344 e. The number of hydrogen-bond donors (Lipinski definition) is 5. The highest BCUT2D eigenvalue weighted by atomic mass is 35.5. The van der Waals surface area contributed by atoms with Crippen LogP contribution in [0.4, 0.5) is 5.82 Å². The van der Waals surface area contributed by atoms with Gasteiger partial charge in [-0.2, -0.15) is 15.2 Å². The van der Waals surface area contributed by atoms with Crippen molar-refractivity contribution in [2.45, 2.75) is 36.6 Å². The van der Waals surface area contributed by atoms with Crippen molar-refractivity contribution in [2.24, 2.45) is 0 Å². The molecule has 1 fully saturated rings. The van der Waals surface area contributed by atoms with E-state index in [0.29, 0.717) is 5.56 Å². The van der Waals surface area contributed by atoms with Gasteiger partial charge in [0.05, 0.1) is 12.9 Å². The van der Waals surface area contributed by atoms with Gasteiger partial charge in [0.1, 0.15) is 23.8 Å². The van der Waals surface area contributed by atoms with Crippen molar-refractivity contribution in [2.75, 3.05) is 12.3 Å². The van der Waals surface area contributed by atoms with Crippen LogP contribution in [0.1, 0.15) is 17.6 Å². The van der Waals surface area contributed by atoms with E-state index in [2.05, 4.69) is 35.6 Å². The number of tetrazole rings is 1. The summed E-state index contributed by atoms with van der Waals surface area (Å²) in [6.45, 7) is -0.438. The predicted octanol–water partition coefficient (Wildman–Crippen LogP) is -0.566. The van der Waals surface area contributed by atoms with Crippen LogP contribution in [-0.2, 0) is 26.3 Å². The minimum absolute atomic E-state index is 0.0314. The molecule has 15 nitrogen and oxygen atoms in total. The van der Waals surface area contributed by atoms with E-state index in [4.69, 9.17) is 26.8 Å². The summed E-state index contributed by atoms with van der Waals surface area (Å²) in [4.78, 5) is 24.5. The number of benzene rings is 1. The van der Waals surface area contributed by atoms with Gasteiger partial charge in [-0.25, -0.2) is 9.78 Å². The Morgan fingerprint density at radius 1 is 1.25 bits per heavy atom. The van der Waals surface area contributed by atoms with Gasteiger partial charge in [0.2, 0.25) is 16.7 Å². The number of rotatable bonds is 8. The molecule has 5 rings (SSSR count). The number of aliphatic carboxylic acids is 1. The molecule has 0 aliphatic carbocycles. The number of H-pyrrole nitrogens is 1. The Kier molecular flexibility index (Phi) is 6.23. The highest BCUT2D eigenvalue weighted by Gasteiger charge is 2.50. The quantitative estimate of drug-likeness (QED) is 0.185. The molecule has 4 aromatic rings. The van der Waals surface area contributed by atoms with Crippen LogP contribution in [-0.4, -0.2) is 86.4 Å². The molecule has 1 aliphatic rings. The first kappa shape index (κ1) is 24.0. The lowest BCUT2D eigenvalue weighted by Gasteiger charge is -2.28. The largest absolute Gasteiger partial charge is 0.479 e. The van der Waals surface area contributed by atoms with Gasteiger partial charge in [0.25, 0.3) is 0 Å². The first-order valence-electron chi connectivity index (χ1n) is 10.6. The minimum Gasteiger partial charge on any atom is -0.479 e. The lowest BCUT2D eigenvalue weighted by molar-refractivity contribution is -0.177.